The Morgan fingerprint density at radius 1 is 0.414 bits per heavy atom. The van der Waals surface area contributed by atoms with E-state index in [1.54, 1.807) is 0 Å². The van der Waals surface area contributed by atoms with Gasteiger partial charge < -0.3 is 10.2 Å². The fourth-order valence-corrected chi connectivity index (χ4v) is 3.71. The van der Waals surface area contributed by atoms with Gasteiger partial charge in [0.25, 0.3) is 0 Å². The topological polar surface area (TPSA) is 26.0 Å². The maximum absolute atomic E-state index is 5.42. The standard InChI is InChI=1S/C15H34N.C12H27N/c1-5-6-7-8-9-10-11-12-13-14-15-16(2,3)4;1-2-3-4-5-6-7-8-9-10-11-12-13/h5-15H2,1-4H3;2-13H2,1H3/q+1;. The molecule has 29 heavy (non-hydrogen) atoms. The molecule has 0 aromatic carbocycles. The molecule has 0 fully saturated rings. The summed E-state index contributed by atoms with van der Waals surface area (Å²) in [4.78, 5) is 0. The molecule has 2 heteroatoms. The number of quaternary nitrogens is 1. The predicted molar refractivity (Wildman–Crippen MR) is 136 cm³/mol. The monoisotopic (exact) mass is 413 g/mol. The Morgan fingerprint density at radius 2 is 0.690 bits per heavy atom. The average Bonchev–Trinajstić information content (AvgIpc) is 2.68. The van der Waals surface area contributed by atoms with E-state index in [1.165, 1.54) is 135 Å². The Morgan fingerprint density at radius 3 is 0.966 bits per heavy atom. The first-order valence-corrected chi connectivity index (χ1v) is 13.5. The molecule has 0 aliphatic carbocycles. The van der Waals surface area contributed by atoms with Crippen molar-refractivity contribution < 1.29 is 4.48 Å². The minimum atomic E-state index is 0.872. The fraction of sp³-hybridized carbons (Fsp3) is 1.00. The van der Waals surface area contributed by atoms with Crippen molar-refractivity contribution in [3.8, 4) is 0 Å². The number of unbranched alkanes of at least 4 members (excludes halogenated alkanes) is 18. The van der Waals surface area contributed by atoms with E-state index in [4.69, 9.17) is 5.73 Å². The molecule has 0 bridgehead atoms. The molecule has 0 aliphatic rings. The largest absolute Gasteiger partial charge is 0.331 e. The van der Waals surface area contributed by atoms with Crippen LogP contribution in [-0.2, 0) is 0 Å². The second-order valence-corrected chi connectivity index (χ2v) is 10.2. The van der Waals surface area contributed by atoms with Gasteiger partial charge in [-0.05, 0) is 25.8 Å². The van der Waals surface area contributed by atoms with E-state index in [0.29, 0.717) is 0 Å². The van der Waals surface area contributed by atoms with Crippen LogP contribution in [0.4, 0.5) is 0 Å². The Bertz CT molecular complexity index is 260. The van der Waals surface area contributed by atoms with E-state index in [1.807, 2.05) is 0 Å². The summed E-state index contributed by atoms with van der Waals surface area (Å²) in [6.07, 6.45) is 28.3. The summed E-state index contributed by atoms with van der Waals surface area (Å²) >= 11 is 0. The van der Waals surface area contributed by atoms with Gasteiger partial charge in [0.05, 0.1) is 27.7 Å². The zero-order valence-corrected chi connectivity index (χ0v) is 21.6. The van der Waals surface area contributed by atoms with Crippen molar-refractivity contribution in [3.05, 3.63) is 0 Å². The van der Waals surface area contributed by atoms with E-state index in [9.17, 15) is 0 Å². The number of nitrogens with two attached hydrogens (primary N) is 1. The molecule has 0 amide bonds. The molecule has 0 heterocycles. The van der Waals surface area contributed by atoms with Crippen LogP contribution < -0.4 is 5.73 Å². The normalized spacial score (nSPS) is 11.4. The van der Waals surface area contributed by atoms with Gasteiger partial charge in [0, 0.05) is 0 Å². The fourth-order valence-electron chi connectivity index (χ4n) is 3.71. The third-order valence-corrected chi connectivity index (χ3v) is 5.74. The van der Waals surface area contributed by atoms with Gasteiger partial charge in [-0.3, -0.25) is 0 Å². The molecule has 0 spiro atoms. The van der Waals surface area contributed by atoms with E-state index in [2.05, 4.69) is 35.0 Å². The van der Waals surface area contributed by atoms with Crippen molar-refractivity contribution in [2.45, 2.75) is 142 Å². The van der Waals surface area contributed by atoms with Crippen LogP contribution in [0.1, 0.15) is 142 Å². The summed E-state index contributed by atoms with van der Waals surface area (Å²) in [5.74, 6) is 0. The highest BCUT2D eigenvalue weighted by molar-refractivity contribution is 4.48. The smallest absolute Gasteiger partial charge is 0.0780 e. The first-order chi connectivity index (χ1) is 14.0. The van der Waals surface area contributed by atoms with Crippen molar-refractivity contribution in [2.75, 3.05) is 34.2 Å². The van der Waals surface area contributed by atoms with Gasteiger partial charge >= 0.3 is 0 Å². The van der Waals surface area contributed by atoms with Crippen LogP contribution in [-0.4, -0.2) is 38.7 Å². The zero-order valence-electron chi connectivity index (χ0n) is 21.6. The minimum absolute atomic E-state index is 0.872. The number of hydrogen-bond acceptors (Lipinski definition) is 1. The van der Waals surface area contributed by atoms with Crippen molar-refractivity contribution in [2.24, 2.45) is 5.73 Å². The molecular weight excluding hydrogens is 352 g/mol. The van der Waals surface area contributed by atoms with Crippen LogP contribution in [0.2, 0.25) is 0 Å². The second kappa shape index (κ2) is 26.0. The molecule has 2 nitrogen and oxygen atoms in total. The molecule has 178 valence electrons. The minimum Gasteiger partial charge on any atom is -0.331 e. The van der Waals surface area contributed by atoms with E-state index < -0.39 is 0 Å². The van der Waals surface area contributed by atoms with Crippen LogP contribution in [0.15, 0.2) is 0 Å². The number of rotatable bonds is 21. The van der Waals surface area contributed by atoms with Crippen LogP contribution in [0, 0.1) is 0 Å². The average molecular weight is 414 g/mol. The molecule has 0 aromatic rings. The maximum atomic E-state index is 5.42. The molecule has 0 atom stereocenters. The van der Waals surface area contributed by atoms with Gasteiger partial charge in [0.2, 0.25) is 0 Å². The summed E-state index contributed by atoms with van der Waals surface area (Å²) in [5.41, 5.74) is 5.42. The molecule has 0 unspecified atom stereocenters. The molecule has 0 radical (unpaired) electrons. The van der Waals surface area contributed by atoms with Crippen LogP contribution in [0.5, 0.6) is 0 Å². The van der Waals surface area contributed by atoms with Crippen LogP contribution in [0.25, 0.3) is 0 Å². The van der Waals surface area contributed by atoms with Gasteiger partial charge in [-0.15, -0.1) is 0 Å². The maximum Gasteiger partial charge on any atom is 0.0780 e. The Hall–Kier alpha value is -0.0800. The van der Waals surface area contributed by atoms with Gasteiger partial charge in [0.1, 0.15) is 0 Å². The van der Waals surface area contributed by atoms with Crippen molar-refractivity contribution in [1.29, 1.82) is 0 Å². The van der Waals surface area contributed by atoms with E-state index in [0.717, 1.165) is 11.0 Å². The SMILES string of the molecule is CCCCCCCCCCCCN.CCCCCCCCCCCC[N+](C)(C)C. The van der Waals surface area contributed by atoms with Crippen LogP contribution >= 0.6 is 0 Å². The van der Waals surface area contributed by atoms with E-state index in [-0.39, 0.29) is 0 Å². The third kappa shape index (κ3) is 35.7. The van der Waals surface area contributed by atoms with Crippen molar-refractivity contribution >= 4 is 0 Å². The summed E-state index contributed by atoms with van der Waals surface area (Å²) in [7, 11) is 6.86. The molecule has 0 rings (SSSR count). The summed E-state index contributed by atoms with van der Waals surface area (Å²) < 4.78 is 1.12. The Labute approximate surface area is 187 Å². The number of hydrogen-bond donors (Lipinski definition) is 1. The quantitative estimate of drug-likeness (QED) is 0.148. The molecule has 0 saturated carbocycles. The highest BCUT2D eigenvalue weighted by Gasteiger charge is 2.04. The third-order valence-electron chi connectivity index (χ3n) is 5.74. The lowest BCUT2D eigenvalue weighted by atomic mass is 10.1. The molecular formula is C27H61N2+. The molecule has 0 aliphatic heterocycles. The molecule has 0 aromatic heterocycles. The Kier molecular flexibility index (Phi) is 27.8. The zero-order chi connectivity index (χ0) is 22.1. The van der Waals surface area contributed by atoms with Crippen LogP contribution in [0.3, 0.4) is 0 Å². The summed E-state index contributed by atoms with van der Waals surface area (Å²) in [6, 6.07) is 0. The predicted octanol–water partition coefficient (Wildman–Crippen LogP) is 8.48. The van der Waals surface area contributed by atoms with Crippen molar-refractivity contribution in [1.82, 2.24) is 0 Å². The summed E-state index contributed by atoms with van der Waals surface area (Å²) in [6.45, 7) is 6.76. The van der Waals surface area contributed by atoms with Crippen molar-refractivity contribution in [3.63, 3.8) is 0 Å². The first kappa shape index (κ1) is 31.1. The lowest BCUT2D eigenvalue weighted by Gasteiger charge is -2.23. The van der Waals surface area contributed by atoms with E-state index >= 15 is 0 Å². The highest BCUT2D eigenvalue weighted by atomic mass is 15.3. The van der Waals surface area contributed by atoms with Gasteiger partial charge in [-0.2, -0.15) is 0 Å². The summed E-state index contributed by atoms with van der Waals surface area (Å²) in [5, 5.41) is 0. The molecule has 2 N–H and O–H groups in total. The van der Waals surface area contributed by atoms with Gasteiger partial charge in [-0.25, -0.2) is 0 Å². The lowest BCUT2D eigenvalue weighted by molar-refractivity contribution is -0.870. The highest BCUT2D eigenvalue weighted by Crippen LogP contribution is 2.11. The first-order valence-electron chi connectivity index (χ1n) is 13.5. The Balaban J connectivity index is 0. The van der Waals surface area contributed by atoms with Gasteiger partial charge in [0.15, 0.2) is 0 Å². The molecule has 0 saturated heterocycles. The lowest BCUT2D eigenvalue weighted by Crippen LogP contribution is -2.35. The number of nitrogens with zero attached hydrogens (tertiary/aromatic N) is 1. The van der Waals surface area contributed by atoms with Gasteiger partial charge in [-0.1, -0.05) is 123 Å². The second-order valence-electron chi connectivity index (χ2n) is 10.2.